The van der Waals surface area contributed by atoms with Crippen molar-refractivity contribution in [3.8, 4) is 33.6 Å². The fourth-order valence-electron chi connectivity index (χ4n) is 5.86. The fraction of sp³-hybridized carbons (Fsp3) is 0. The van der Waals surface area contributed by atoms with E-state index in [1.807, 2.05) is 42.5 Å². The van der Waals surface area contributed by atoms with Gasteiger partial charge in [-0.05, 0) is 56.4 Å². The third kappa shape index (κ3) is 3.33. The third-order valence-corrected chi connectivity index (χ3v) is 7.60. The van der Waals surface area contributed by atoms with Crippen molar-refractivity contribution in [2.45, 2.75) is 0 Å². The zero-order valence-electron chi connectivity index (χ0n) is 34.7. The first-order chi connectivity index (χ1) is 26.2. The number of fused-ring (bicyclic) bond motifs is 6. The normalized spacial score (nSPS) is 16.1. The van der Waals surface area contributed by atoms with Gasteiger partial charge in [0.15, 0.2) is 0 Å². The molecule has 0 amide bonds. The molecule has 7 aromatic carbocycles. The van der Waals surface area contributed by atoms with Crippen LogP contribution in [-0.4, -0.2) is 0 Å². The summed E-state index contributed by atoms with van der Waals surface area (Å²) in [4.78, 5) is 0. The summed E-state index contributed by atoms with van der Waals surface area (Å²) >= 11 is 0. The Morgan fingerprint density at radius 1 is 0.381 bits per heavy atom. The van der Waals surface area contributed by atoms with E-state index < -0.39 is 84.1 Å². The maximum Gasteiger partial charge on any atom is 0.144 e. The Hall–Kier alpha value is -5.60. The van der Waals surface area contributed by atoms with Gasteiger partial charge in [0.25, 0.3) is 0 Å². The van der Waals surface area contributed by atoms with E-state index in [0.29, 0.717) is 33.3 Å². The zero-order chi connectivity index (χ0) is 38.9. The topological polar surface area (TPSA) is 26.3 Å². The highest BCUT2D eigenvalue weighted by atomic mass is 16.3. The second-order valence-corrected chi connectivity index (χ2v) is 9.86. The van der Waals surface area contributed by atoms with E-state index in [4.69, 9.17) is 21.2 Å². The van der Waals surface area contributed by atoms with Crippen LogP contribution in [0.2, 0.25) is 0 Å². The molecule has 0 bridgehead atoms. The summed E-state index contributed by atoms with van der Waals surface area (Å²) in [5, 5.41) is 1.03. The van der Waals surface area contributed by atoms with Crippen LogP contribution in [0.25, 0.3) is 88.0 Å². The van der Waals surface area contributed by atoms with Gasteiger partial charge in [-0.2, -0.15) is 0 Å². The highest BCUT2D eigenvalue weighted by molar-refractivity contribution is 6.23. The van der Waals surface area contributed by atoms with Crippen LogP contribution in [-0.2, 0) is 0 Å². The van der Waals surface area contributed by atoms with Crippen LogP contribution in [0.3, 0.4) is 0 Å². The molecule has 2 nitrogen and oxygen atoms in total. The van der Waals surface area contributed by atoms with Gasteiger partial charge in [-0.3, -0.25) is 0 Å². The van der Waals surface area contributed by atoms with Crippen molar-refractivity contribution in [1.29, 1.82) is 0 Å². The number of para-hydroxylation sites is 1. The molecule has 2 heterocycles. The van der Waals surface area contributed by atoms with Crippen LogP contribution in [0.15, 0.2) is 154 Å². The Labute approximate surface area is 260 Å². The molecule has 0 spiro atoms. The Morgan fingerprint density at radius 2 is 0.952 bits per heavy atom. The Bertz CT molecular complexity index is 3070. The summed E-state index contributed by atoms with van der Waals surface area (Å²) in [5.41, 5.74) is 1.67. The van der Waals surface area contributed by atoms with Crippen LogP contribution in [0.1, 0.15) is 17.8 Å². The Morgan fingerprint density at radius 3 is 1.67 bits per heavy atom. The molecule has 0 saturated carbocycles. The number of rotatable bonds is 3. The lowest BCUT2D eigenvalue weighted by Crippen LogP contribution is -1.91. The molecule has 0 unspecified atom stereocenters. The van der Waals surface area contributed by atoms with Gasteiger partial charge in [-0.1, -0.05) is 127 Å². The van der Waals surface area contributed by atoms with Gasteiger partial charge >= 0.3 is 0 Å². The van der Waals surface area contributed by atoms with E-state index in [0.717, 1.165) is 10.8 Å². The smallest absolute Gasteiger partial charge is 0.144 e. The number of hydrogen-bond donors (Lipinski definition) is 0. The average molecular weight is 550 g/mol. The van der Waals surface area contributed by atoms with Crippen molar-refractivity contribution in [3.05, 3.63) is 145 Å². The molecule has 0 saturated heterocycles. The van der Waals surface area contributed by atoms with Gasteiger partial charge < -0.3 is 8.83 Å². The zero-order valence-corrected chi connectivity index (χ0v) is 21.7. The van der Waals surface area contributed by atoms with E-state index in [2.05, 4.69) is 0 Å². The summed E-state index contributed by atoms with van der Waals surface area (Å²) in [6.45, 7) is 0. The fourth-order valence-corrected chi connectivity index (χ4v) is 5.86. The van der Waals surface area contributed by atoms with Gasteiger partial charge in [0.2, 0.25) is 0 Å². The minimum atomic E-state index is -0.733. The molecule has 2 aromatic heterocycles. The van der Waals surface area contributed by atoms with Crippen LogP contribution < -0.4 is 0 Å². The molecule has 196 valence electrons. The van der Waals surface area contributed by atoms with Gasteiger partial charge in [0, 0.05) is 27.3 Å². The minimum Gasteiger partial charge on any atom is -0.456 e. The van der Waals surface area contributed by atoms with E-state index in [1.54, 1.807) is 24.3 Å². The van der Waals surface area contributed by atoms with E-state index in [1.165, 1.54) is 0 Å². The Balaban J connectivity index is 1.60. The molecule has 0 fully saturated rings. The van der Waals surface area contributed by atoms with E-state index >= 15 is 0 Å². The van der Waals surface area contributed by atoms with Crippen LogP contribution in [0.4, 0.5) is 0 Å². The van der Waals surface area contributed by atoms with Crippen molar-refractivity contribution >= 4 is 54.5 Å². The first kappa shape index (κ1) is 13.8. The quantitative estimate of drug-likeness (QED) is 0.205. The molecular weight excluding hydrogens is 512 g/mol. The lowest BCUT2D eigenvalue weighted by molar-refractivity contribution is 0.633. The SMILES string of the molecule is [2H]c1c([2H])c([2H])c(-c2c3c([2H])c([2H])c([2H])c([2H])c3c(-c3oc4cc5c(cc4c3-c3ccccc3)oc3ccccc35)c3c([2H])c([2H])c([2H])c([2H])c23)c([2H])c1[2H]. The lowest BCUT2D eigenvalue weighted by atomic mass is 9.86. The molecule has 0 atom stereocenters. The molecular formula is C40H24O2. The molecule has 9 aromatic rings. The molecule has 42 heavy (non-hydrogen) atoms. The molecule has 0 aliphatic rings. The number of benzene rings is 7. The van der Waals surface area contributed by atoms with Crippen molar-refractivity contribution in [1.82, 2.24) is 0 Å². The van der Waals surface area contributed by atoms with Gasteiger partial charge in [-0.25, -0.2) is 0 Å². The van der Waals surface area contributed by atoms with Crippen molar-refractivity contribution < 1.29 is 26.7 Å². The average Bonchev–Trinajstić information content (AvgIpc) is 3.75. The molecule has 0 radical (unpaired) electrons. The molecule has 2 heteroatoms. The van der Waals surface area contributed by atoms with Crippen LogP contribution in [0.5, 0.6) is 0 Å². The van der Waals surface area contributed by atoms with Gasteiger partial charge in [0.1, 0.15) is 22.5 Å². The summed E-state index contributed by atoms with van der Waals surface area (Å²) < 4.78 is 128. The second-order valence-electron chi connectivity index (χ2n) is 9.86. The van der Waals surface area contributed by atoms with Crippen molar-refractivity contribution in [3.63, 3.8) is 0 Å². The molecule has 0 aliphatic heterocycles. The first-order valence-electron chi connectivity index (χ1n) is 19.7. The van der Waals surface area contributed by atoms with Gasteiger partial charge in [0.05, 0.1) is 17.8 Å². The highest BCUT2D eigenvalue weighted by Crippen LogP contribution is 2.49. The summed E-state index contributed by atoms with van der Waals surface area (Å²) in [7, 11) is 0. The highest BCUT2D eigenvalue weighted by Gasteiger charge is 2.25. The summed E-state index contributed by atoms with van der Waals surface area (Å²) in [6, 6.07) is 11.3. The maximum atomic E-state index is 9.35. The molecule has 9 rings (SSSR count). The minimum absolute atomic E-state index is 0.0239. The predicted octanol–water partition coefficient (Wildman–Crippen LogP) is 11.6. The largest absolute Gasteiger partial charge is 0.456 e. The van der Waals surface area contributed by atoms with Crippen LogP contribution in [0, 0.1) is 0 Å². The third-order valence-electron chi connectivity index (χ3n) is 7.60. The lowest BCUT2D eigenvalue weighted by Gasteiger charge is -2.17. The maximum absolute atomic E-state index is 9.35. The van der Waals surface area contributed by atoms with Crippen molar-refractivity contribution in [2.24, 2.45) is 0 Å². The number of furan rings is 2. The van der Waals surface area contributed by atoms with Crippen molar-refractivity contribution in [2.75, 3.05) is 0 Å². The molecule has 0 N–H and O–H groups in total. The Kier molecular flexibility index (Phi) is 2.95. The standard InChI is InChI=1S/C40H24O2/c1-3-13-25(14-4-1)37-28-18-7-9-20-30(28)39(31-21-10-8-19-29(31)37)40-38(26-15-5-2-6-16-26)33-24-35-32(23-36(33)42-40)27-17-11-12-22-34(27)41-35/h1-24H/i1D,3D,4D,7D,8D,9D,10D,13D,14D,18D,19D,20D,21D. The van der Waals surface area contributed by atoms with Gasteiger partial charge in [-0.15, -0.1) is 0 Å². The van der Waals surface area contributed by atoms with E-state index in [-0.39, 0.29) is 38.4 Å². The first-order valence-corrected chi connectivity index (χ1v) is 13.2. The molecule has 0 aliphatic carbocycles. The number of hydrogen-bond acceptors (Lipinski definition) is 2. The summed E-state index contributed by atoms with van der Waals surface area (Å²) in [6.07, 6.45) is 0. The van der Waals surface area contributed by atoms with E-state index in [9.17, 15) is 5.48 Å². The second kappa shape index (κ2) is 8.95. The monoisotopic (exact) mass is 549 g/mol. The van der Waals surface area contributed by atoms with Crippen LogP contribution >= 0.6 is 0 Å². The summed E-state index contributed by atoms with van der Waals surface area (Å²) in [5.74, 6) is 0.0239. The predicted molar refractivity (Wildman–Crippen MR) is 175 cm³/mol.